The van der Waals surface area contributed by atoms with E-state index < -0.39 is 0 Å². The van der Waals surface area contributed by atoms with Gasteiger partial charge in [-0.1, -0.05) is 24.3 Å². The number of ether oxygens (including phenoxy) is 2. The van der Waals surface area contributed by atoms with Gasteiger partial charge in [-0.25, -0.2) is 4.79 Å². The van der Waals surface area contributed by atoms with Crippen LogP contribution in [0, 0.1) is 6.92 Å². The minimum atomic E-state index is -0.309. The lowest BCUT2D eigenvalue weighted by Gasteiger charge is -2.08. The van der Waals surface area contributed by atoms with Gasteiger partial charge < -0.3 is 14.8 Å². The van der Waals surface area contributed by atoms with Crippen LogP contribution in [0.1, 0.15) is 18.1 Å². The van der Waals surface area contributed by atoms with Gasteiger partial charge in [0.1, 0.15) is 6.61 Å². The number of hydrogen-bond donors (Lipinski definition) is 1. The maximum Gasteiger partial charge on any atom is 0.332 e. The molecule has 0 aromatic heterocycles. The van der Waals surface area contributed by atoms with Gasteiger partial charge in [0.25, 0.3) is 0 Å². The molecule has 4 heteroatoms. The first kappa shape index (κ1) is 14.7. The molecule has 1 aromatic carbocycles. The van der Waals surface area contributed by atoms with Gasteiger partial charge in [-0.05, 0) is 25.0 Å². The minimum absolute atomic E-state index is 0.0277. The highest BCUT2D eigenvalue weighted by atomic mass is 16.6. The quantitative estimate of drug-likeness (QED) is 0.564. The highest BCUT2D eigenvalue weighted by Crippen LogP contribution is 2.05. The van der Waals surface area contributed by atoms with E-state index in [0.717, 1.165) is 6.54 Å². The molecule has 18 heavy (non-hydrogen) atoms. The van der Waals surface area contributed by atoms with E-state index in [9.17, 15) is 4.79 Å². The Balaban J connectivity index is 2.06. The van der Waals surface area contributed by atoms with Gasteiger partial charge in [0.05, 0.1) is 13.2 Å². The van der Waals surface area contributed by atoms with Gasteiger partial charge >= 0.3 is 5.97 Å². The van der Waals surface area contributed by atoms with Crippen LogP contribution >= 0.6 is 0 Å². The summed E-state index contributed by atoms with van der Waals surface area (Å²) in [6.07, 6.45) is 0. The van der Waals surface area contributed by atoms with Crippen molar-refractivity contribution in [2.75, 3.05) is 26.4 Å². The zero-order chi connectivity index (χ0) is 13.2. The third-order valence-corrected chi connectivity index (χ3v) is 2.53. The molecule has 1 N–H and O–H groups in total. The number of hydrogen-bond acceptors (Lipinski definition) is 4. The maximum absolute atomic E-state index is 11.0. The fraction of sp³-hybridized carbons (Fsp3) is 0.500. The molecule has 1 rings (SSSR count). The lowest BCUT2D eigenvalue weighted by Crippen LogP contribution is -2.22. The van der Waals surface area contributed by atoms with Crippen LogP contribution < -0.4 is 5.32 Å². The summed E-state index contributed by atoms with van der Waals surface area (Å²) in [5.41, 5.74) is 2.56. The molecule has 1 aromatic rings. The Labute approximate surface area is 108 Å². The van der Waals surface area contributed by atoms with E-state index in [0.29, 0.717) is 19.8 Å². The largest absolute Gasteiger partial charge is 0.464 e. The molecule has 0 aliphatic carbocycles. The smallest absolute Gasteiger partial charge is 0.332 e. The first-order valence-electron chi connectivity index (χ1n) is 6.22. The predicted molar refractivity (Wildman–Crippen MR) is 70.3 cm³/mol. The average molecular weight is 251 g/mol. The molecular formula is C14H21NO3. The van der Waals surface area contributed by atoms with Crippen LogP contribution in [0.5, 0.6) is 0 Å². The summed E-state index contributed by atoms with van der Waals surface area (Å²) < 4.78 is 9.93. The first-order chi connectivity index (χ1) is 8.74. The second kappa shape index (κ2) is 8.66. The summed E-state index contributed by atoms with van der Waals surface area (Å²) in [5, 5.41) is 3.27. The van der Waals surface area contributed by atoms with Gasteiger partial charge in [0.2, 0.25) is 0 Å². The zero-order valence-electron chi connectivity index (χ0n) is 11.1. The molecule has 100 valence electrons. The van der Waals surface area contributed by atoms with Crippen LogP contribution in [0.2, 0.25) is 0 Å². The predicted octanol–water partition coefficient (Wildman–Crippen LogP) is 1.66. The summed E-state index contributed by atoms with van der Waals surface area (Å²) in [6.45, 7) is 6.33. The average Bonchev–Trinajstić information content (AvgIpc) is 2.36. The molecule has 4 nitrogen and oxygen atoms in total. The fourth-order valence-corrected chi connectivity index (χ4v) is 1.53. The topological polar surface area (TPSA) is 47.6 Å². The number of carbonyl (C=O) groups is 1. The summed E-state index contributed by atoms with van der Waals surface area (Å²) in [7, 11) is 0. The van der Waals surface area contributed by atoms with Crippen molar-refractivity contribution < 1.29 is 14.3 Å². The Morgan fingerprint density at radius 2 is 2.11 bits per heavy atom. The van der Waals surface area contributed by atoms with Crippen molar-refractivity contribution in [1.29, 1.82) is 0 Å². The molecule has 0 saturated heterocycles. The van der Waals surface area contributed by atoms with Crippen molar-refractivity contribution in [3.63, 3.8) is 0 Å². The van der Waals surface area contributed by atoms with Crippen molar-refractivity contribution in [2.24, 2.45) is 0 Å². The van der Waals surface area contributed by atoms with Crippen LogP contribution in [0.25, 0.3) is 0 Å². The van der Waals surface area contributed by atoms with E-state index in [1.54, 1.807) is 6.92 Å². The van der Waals surface area contributed by atoms with Crippen molar-refractivity contribution in [3.8, 4) is 0 Å². The van der Waals surface area contributed by atoms with E-state index in [-0.39, 0.29) is 12.6 Å². The third-order valence-electron chi connectivity index (χ3n) is 2.53. The Morgan fingerprint density at radius 1 is 1.33 bits per heavy atom. The Morgan fingerprint density at radius 3 is 2.83 bits per heavy atom. The number of benzene rings is 1. The Hall–Kier alpha value is -1.39. The SMILES string of the molecule is CCOC(=O)COCCNCc1ccccc1C. The van der Waals surface area contributed by atoms with Gasteiger partial charge in [0.15, 0.2) is 0 Å². The van der Waals surface area contributed by atoms with Crippen molar-refractivity contribution >= 4 is 5.97 Å². The monoisotopic (exact) mass is 251 g/mol. The van der Waals surface area contributed by atoms with E-state index in [1.165, 1.54) is 11.1 Å². The molecule has 0 spiro atoms. The molecule has 0 fully saturated rings. The number of esters is 1. The molecule has 0 amide bonds. The van der Waals surface area contributed by atoms with Crippen LogP contribution in [0.15, 0.2) is 24.3 Å². The molecule has 0 radical (unpaired) electrons. The molecule has 0 atom stereocenters. The second-order valence-electron chi connectivity index (χ2n) is 3.96. The number of nitrogens with one attached hydrogen (secondary N) is 1. The molecular weight excluding hydrogens is 230 g/mol. The van der Waals surface area contributed by atoms with Crippen molar-refractivity contribution in [3.05, 3.63) is 35.4 Å². The van der Waals surface area contributed by atoms with E-state index in [1.807, 2.05) is 12.1 Å². The fourth-order valence-electron chi connectivity index (χ4n) is 1.53. The summed E-state index contributed by atoms with van der Waals surface area (Å²) >= 11 is 0. The number of rotatable bonds is 8. The van der Waals surface area contributed by atoms with Crippen LogP contribution in [-0.2, 0) is 20.8 Å². The van der Waals surface area contributed by atoms with Crippen molar-refractivity contribution in [2.45, 2.75) is 20.4 Å². The van der Waals surface area contributed by atoms with Crippen molar-refractivity contribution in [1.82, 2.24) is 5.32 Å². The van der Waals surface area contributed by atoms with E-state index >= 15 is 0 Å². The van der Waals surface area contributed by atoms with E-state index in [4.69, 9.17) is 9.47 Å². The number of aryl methyl sites for hydroxylation is 1. The standard InChI is InChI=1S/C14H21NO3/c1-3-18-14(16)11-17-9-8-15-10-13-7-5-4-6-12(13)2/h4-7,15H,3,8-11H2,1-2H3. The zero-order valence-corrected chi connectivity index (χ0v) is 11.1. The summed E-state index contributed by atoms with van der Waals surface area (Å²) in [5.74, 6) is -0.309. The third kappa shape index (κ3) is 5.80. The molecule has 0 bridgehead atoms. The minimum Gasteiger partial charge on any atom is -0.464 e. The van der Waals surface area contributed by atoms with Gasteiger partial charge in [0, 0.05) is 13.1 Å². The van der Waals surface area contributed by atoms with Crippen LogP contribution in [0.4, 0.5) is 0 Å². The molecule has 0 heterocycles. The molecule has 0 aliphatic heterocycles. The van der Waals surface area contributed by atoms with Gasteiger partial charge in [-0.2, -0.15) is 0 Å². The Kier molecular flexibility index (Phi) is 7.06. The highest BCUT2D eigenvalue weighted by molar-refractivity contribution is 5.70. The highest BCUT2D eigenvalue weighted by Gasteiger charge is 2.00. The van der Waals surface area contributed by atoms with Gasteiger partial charge in [-0.15, -0.1) is 0 Å². The maximum atomic E-state index is 11.0. The summed E-state index contributed by atoms with van der Waals surface area (Å²) in [6, 6.07) is 8.25. The molecule has 0 saturated carbocycles. The lowest BCUT2D eigenvalue weighted by molar-refractivity contribution is -0.148. The van der Waals surface area contributed by atoms with Crippen LogP contribution in [0.3, 0.4) is 0 Å². The normalized spacial score (nSPS) is 10.3. The van der Waals surface area contributed by atoms with E-state index in [2.05, 4.69) is 24.4 Å². The molecule has 0 aliphatic rings. The summed E-state index contributed by atoms with van der Waals surface area (Å²) in [4.78, 5) is 11.0. The Bertz CT molecular complexity index is 366. The molecule has 0 unspecified atom stereocenters. The van der Waals surface area contributed by atoms with Crippen LogP contribution in [-0.4, -0.2) is 32.3 Å². The first-order valence-corrected chi connectivity index (χ1v) is 6.22. The number of carbonyl (C=O) groups excluding carboxylic acids is 1. The second-order valence-corrected chi connectivity index (χ2v) is 3.96. The van der Waals surface area contributed by atoms with Gasteiger partial charge in [-0.3, -0.25) is 0 Å². The lowest BCUT2D eigenvalue weighted by atomic mass is 10.1.